The summed E-state index contributed by atoms with van der Waals surface area (Å²) in [5.74, 6) is -0.0259. The number of nitrogens with zero attached hydrogens (tertiary/aromatic N) is 1. The minimum atomic E-state index is -1.01. The summed E-state index contributed by atoms with van der Waals surface area (Å²) >= 11 is 0. The molecule has 0 radical (unpaired) electrons. The fourth-order valence-electron chi connectivity index (χ4n) is 2.92. The molecule has 2 N–H and O–H groups in total. The fourth-order valence-corrected chi connectivity index (χ4v) is 2.92. The average molecular weight is 451 g/mol. The van der Waals surface area contributed by atoms with E-state index in [0.717, 1.165) is 11.3 Å². The van der Waals surface area contributed by atoms with Crippen LogP contribution < -0.4 is 15.4 Å². The van der Waals surface area contributed by atoms with Crippen molar-refractivity contribution < 1.29 is 28.4 Å². The molecule has 0 aliphatic carbocycles. The second-order valence-corrected chi connectivity index (χ2v) is 7.41. The smallest absolute Gasteiger partial charge is 0.338 e. The van der Waals surface area contributed by atoms with Gasteiger partial charge in [0.2, 0.25) is 5.91 Å². The Hall–Kier alpha value is -4.14. The van der Waals surface area contributed by atoms with Crippen LogP contribution >= 0.6 is 0 Å². The van der Waals surface area contributed by atoms with Gasteiger partial charge in [0.25, 0.3) is 5.91 Å². The molecule has 0 saturated carbocycles. The van der Waals surface area contributed by atoms with Gasteiger partial charge in [0, 0.05) is 18.3 Å². The zero-order valence-electron chi connectivity index (χ0n) is 18.8. The molecule has 1 aromatic heterocycles. The van der Waals surface area contributed by atoms with Gasteiger partial charge in [-0.05, 0) is 69.3 Å². The molecule has 2 amide bonds. The van der Waals surface area contributed by atoms with E-state index in [1.54, 1.807) is 48.5 Å². The summed E-state index contributed by atoms with van der Waals surface area (Å²) in [5.41, 5.74) is 3.06. The lowest BCUT2D eigenvalue weighted by Crippen LogP contribution is -2.30. The van der Waals surface area contributed by atoms with Gasteiger partial charge < -0.3 is 24.6 Å². The highest BCUT2D eigenvalue weighted by Gasteiger charge is 2.19. The molecule has 172 valence electrons. The average Bonchev–Trinajstić information content (AvgIpc) is 3.10. The Morgan fingerprint density at radius 1 is 0.970 bits per heavy atom. The van der Waals surface area contributed by atoms with Crippen molar-refractivity contribution >= 4 is 29.2 Å². The molecule has 2 aromatic carbocycles. The van der Waals surface area contributed by atoms with E-state index in [-0.39, 0.29) is 5.91 Å². The van der Waals surface area contributed by atoms with Crippen LogP contribution in [0, 0.1) is 13.8 Å². The van der Waals surface area contributed by atoms with Crippen LogP contribution in [-0.2, 0) is 20.9 Å². The number of benzene rings is 2. The first kappa shape index (κ1) is 23.5. The molecule has 3 rings (SSSR count). The highest BCUT2D eigenvalue weighted by molar-refractivity contribution is 5.97. The third kappa shape index (κ3) is 6.42. The lowest BCUT2D eigenvalue weighted by atomic mass is 10.2. The fraction of sp³-hybridized carbons (Fsp3) is 0.250. The normalized spacial score (nSPS) is 11.4. The number of hydrogen-bond donors (Lipinski definition) is 2. The minimum Gasteiger partial charge on any atom is -0.489 e. The summed E-state index contributed by atoms with van der Waals surface area (Å²) < 4.78 is 16.1. The van der Waals surface area contributed by atoms with Crippen LogP contribution in [0.15, 0.2) is 53.1 Å². The minimum absolute atomic E-state index is 0.188. The number of ether oxygens (including phenoxy) is 2. The Bertz CT molecular complexity index is 1120. The monoisotopic (exact) mass is 451 g/mol. The highest BCUT2D eigenvalue weighted by atomic mass is 16.5. The van der Waals surface area contributed by atoms with Gasteiger partial charge in [0.1, 0.15) is 18.1 Å². The number of amides is 2. The van der Waals surface area contributed by atoms with Crippen LogP contribution in [0.1, 0.15) is 41.2 Å². The second-order valence-electron chi connectivity index (χ2n) is 7.41. The molecule has 0 aliphatic rings. The predicted molar refractivity (Wildman–Crippen MR) is 121 cm³/mol. The van der Waals surface area contributed by atoms with Crippen LogP contribution in [0.5, 0.6) is 5.75 Å². The van der Waals surface area contributed by atoms with Gasteiger partial charge in [0.15, 0.2) is 6.10 Å². The standard InChI is InChI=1S/C24H25N3O6/c1-14-22(15(2)33-27-14)13-31-21-11-5-18(6-12-21)24(30)32-16(3)23(29)26-20-9-7-19(8-10-20)25-17(4)28/h5-12,16H,13H2,1-4H3,(H,25,28)(H,26,29)/t16-/m0/s1. The van der Waals surface area contributed by atoms with Crippen molar-refractivity contribution in [3.63, 3.8) is 0 Å². The second kappa shape index (κ2) is 10.4. The maximum Gasteiger partial charge on any atom is 0.338 e. The zero-order chi connectivity index (χ0) is 24.0. The number of aromatic nitrogens is 1. The third-order valence-electron chi connectivity index (χ3n) is 4.78. The number of esters is 1. The Labute approximate surface area is 191 Å². The molecule has 0 aliphatic heterocycles. The van der Waals surface area contributed by atoms with E-state index in [0.29, 0.717) is 35.1 Å². The summed E-state index contributed by atoms with van der Waals surface area (Å²) in [6.07, 6.45) is -1.01. The number of carbonyl (C=O) groups is 3. The maximum absolute atomic E-state index is 12.4. The Morgan fingerprint density at radius 3 is 2.12 bits per heavy atom. The lowest BCUT2D eigenvalue weighted by molar-refractivity contribution is -0.123. The van der Waals surface area contributed by atoms with Crippen molar-refractivity contribution in [1.29, 1.82) is 0 Å². The Morgan fingerprint density at radius 2 is 1.58 bits per heavy atom. The molecular weight excluding hydrogens is 426 g/mol. The van der Waals surface area contributed by atoms with Crippen molar-refractivity contribution in [1.82, 2.24) is 5.16 Å². The van der Waals surface area contributed by atoms with Gasteiger partial charge >= 0.3 is 5.97 Å². The number of nitrogens with one attached hydrogen (secondary N) is 2. The largest absolute Gasteiger partial charge is 0.489 e. The lowest BCUT2D eigenvalue weighted by Gasteiger charge is -2.14. The van der Waals surface area contributed by atoms with Crippen molar-refractivity contribution in [3.8, 4) is 5.75 Å². The van der Waals surface area contributed by atoms with Crippen LogP contribution in [0.3, 0.4) is 0 Å². The number of rotatable bonds is 8. The van der Waals surface area contributed by atoms with Crippen LogP contribution in [0.2, 0.25) is 0 Å². The molecule has 3 aromatic rings. The van der Waals surface area contributed by atoms with E-state index >= 15 is 0 Å². The van der Waals surface area contributed by atoms with Crippen LogP contribution in [0.25, 0.3) is 0 Å². The van der Waals surface area contributed by atoms with E-state index in [4.69, 9.17) is 14.0 Å². The molecule has 0 saturated heterocycles. The molecular formula is C24H25N3O6. The molecule has 0 fully saturated rings. The van der Waals surface area contributed by atoms with Gasteiger partial charge in [-0.15, -0.1) is 0 Å². The van der Waals surface area contributed by atoms with Crippen molar-refractivity contribution in [2.75, 3.05) is 10.6 Å². The molecule has 9 nitrogen and oxygen atoms in total. The maximum atomic E-state index is 12.4. The SMILES string of the molecule is CC(=O)Nc1ccc(NC(=O)[C@H](C)OC(=O)c2ccc(OCc3c(C)noc3C)cc2)cc1. The third-order valence-corrected chi connectivity index (χ3v) is 4.78. The van der Waals surface area contributed by atoms with E-state index in [9.17, 15) is 14.4 Å². The molecule has 0 spiro atoms. The molecule has 1 heterocycles. The summed E-state index contributed by atoms with van der Waals surface area (Å²) in [6, 6.07) is 13.0. The molecule has 0 bridgehead atoms. The molecule has 33 heavy (non-hydrogen) atoms. The van der Waals surface area contributed by atoms with Gasteiger partial charge in [-0.25, -0.2) is 4.79 Å². The Balaban J connectivity index is 1.51. The topological polar surface area (TPSA) is 120 Å². The van der Waals surface area contributed by atoms with Crippen molar-refractivity contribution in [3.05, 3.63) is 71.1 Å². The van der Waals surface area contributed by atoms with Crippen molar-refractivity contribution in [2.45, 2.75) is 40.4 Å². The highest BCUT2D eigenvalue weighted by Crippen LogP contribution is 2.19. The summed E-state index contributed by atoms with van der Waals surface area (Å²) in [7, 11) is 0. The number of carbonyl (C=O) groups excluding carboxylic acids is 3. The number of hydrogen-bond acceptors (Lipinski definition) is 7. The first-order chi connectivity index (χ1) is 15.7. The number of anilines is 2. The van der Waals surface area contributed by atoms with Gasteiger partial charge in [-0.3, -0.25) is 9.59 Å². The zero-order valence-corrected chi connectivity index (χ0v) is 18.8. The van der Waals surface area contributed by atoms with E-state index < -0.39 is 18.0 Å². The summed E-state index contributed by atoms with van der Waals surface area (Å²) in [6.45, 7) is 6.85. The molecule has 0 unspecified atom stereocenters. The van der Waals surface area contributed by atoms with E-state index in [1.807, 2.05) is 13.8 Å². The first-order valence-electron chi connectivity index (χ1n) is 10.3. The van der Waals surface area contributed by atoms with Gasteiger partial charge in [-0.2, -0.15) is 0 Å². The summed E-state index contributed by atoms with van der Waals surface area (Å²) in [4.78, 5) is 35.8. The quantitative estimate of drug-likeness (QED) is 0.497. The molecule has 1 atom stereocenters. The van der Waals surface area contributed by atoms with Crippen molar-refractivity contribution in [2.24, 2.45) is 0 Å². The predicted octanol–water partition coefficient (Wildman–Crippen LogP) is 4.01. The van der Waals surface area contributed by atoms with Crippen LogP contribution in [0.4, 0.5) is 11.4 Å². The van der Waals surface area contributed by atoms with Crippen LogP contribution in [-0.4, -0.2) is 29.0 Å². The van der Waals surface area contributed by atoms with E-state index in [1.165, 1.54) is 13.8 Å². The van der Waals surface area contributed by atoms with Gasteiger partial charge in [0.05, 0.1) is 16.8 Å². The van der Waals surface area contributed by atoms with Gasteiger partial charge in [-0.1, -0.05) is 5.16 Å². The summed E-state index contributed by atoms with van der Waals surface area (Å²) in [5, 5.41) is 9.19. The van der Waals surface area contributed by atoms with E-state index in [2.05, 4.69) is 15.8 Å². The Kier molecular flexibility index (Phi) is 7.45. The molecule has 9 heteroatoms. The number of aryl methyl sites for hydroxylation is 2. The first-order valence-corrected chi connectivity index (χ1v) is 10.3.